The molecule has 0 amide bonds. The summed E-state index contributed by atoms with van der Waals surface area (Å²) in [6.07, 6.45) is 2.92. The summed E-state index contributed by atoms with van der Waals surface area (Å²) < 4.78 is 30.5. The monoisotopic (exact) mass is 620 g/mol. The van der Waals surface area contributed by atoms with Gasteiger partial charge in [-0.25, -0.2) is 10.1 Å². The van der Waals surface area contributed by atoms with Gasteiger partial charge >= 0.3 is 7.60 Å². The van der Waals surface area contributed by atoms with Crippen LogP contribution in [-0.4, -0.2) is 80.7 Å². The average molecular weight is 621 g/mol. The van der Waals surface area contributed by atoms with Crippen molar-refractivity contribution < 1.29 is 38.8 Å². The largest absolute Gasteiger partial charge is 0.387 e. The number of nitrogens with one attached hydrogen (secondary N) is 2. The first kappa shape index (κ1) is 28.9. The Morgan fingerprint density at radius 1 is 1.07 bits per heavy atom. The highest BCUT2D eigenvalue weighted by Crippen LogP contribution is 2.67. The first-order chi connectivity index (χ1) is 18.5. The van der Waals surface area contributed by atoms with Crippen LogP contribution in [0.15, 0.2) is 6.33 Å². The zero-order valence-electron chi connectivity index (χ0n) is 22.1. The van der Waals surface area contributed by atoms with E-state index in [4.69, 9.17) is 26.1 Å². The number of aliphatic hydroxyl groups is 2. The number of hydrogen-bond acceptors (Lipinski definition) is 9. The molecule has 4 bridgehead atoms. The minimum Gasteiger partial charge on any atom is -0.387 e. The Bertz CT molecular complexity index is 1420. The van der Waals surface area contributed by atoms with Crippen LogP contribution in [-0.2, 0) is 13.9 Å². The molecule has 7 unspecified atom stereocenters. The van der Waals surface area contributed by atoms with Gasteiger partial charge in [0, 0.05) is 12.1 Å². The third-order valence-corrected chi connectivity index (χ3v) is 12.8. The van der Waals surface area contributed by atoms with E-state index in [1.165, 1.54) is 30.2 Å². The molecule has 4 aliphatic carbocycles. The van der Waals surface area contributed by atoms with Crippen LogP contribution in [0.2, 0.25) is 5.28 Å². The Balaban J connectivity index is 1.25. The van der Waals surface area contributed by atoms with Crippen LogP contribution in [0, 0.1) is 16.7 Å². The number of aromatic nitrogens is 4. The van der Waals surface area contributed by atoms with Gasteiger partial charge in [-0.3, -0.25) is 13.7 Å². The van der Waals surface area contributed by atoms with Crippen molar-refractivity contribution in [3.05, 3.63) is 11.6 Å². The molecule has 0 spiro atoms. The lowest BCUT2D eigenvalue weighted by atomic mass is 9.43. The number of nitrogens with zero attached hydrogens (tertiary/aromatic N) is 4. The van der Waals surface area contributed by atoms with Crippen LogP contribution in [0.4, 0.5) is 5.82 Å². The van der Waals surface area contributed by atoms with Crippen molar-refractivity contribution in [2.75, 3.05) is 17.8 Å². The number of aliphatic hydroxyl groups excluding tert-OH is 2. The fourth-order valence-corrected chi connectivity index (χ4v) is 11.7. The van der Waals surface area contributed by atoms with E-state index < -0.39 is 52.1 Å². The van der Waals surface area contributed by atoms with E-state index in [1.54, 1.807) is 0 Å². The maximum atomic E-state index is 12.1. The molecule has 1 saturated heterocycles. The minimum atomic E-state index is -4.77. The fraction of sp³-hybridized carbons (Fsp3) is 0.783. The van der Waals surface area contributed by atoms with Crippen molar-refractivity contribution in [1.82, 2.24) is 24.6 Å². The van der Waals surface area contributed by atoms with Crippen LogP contribution in [0.1, 0.15) is 58.6 Å². The second-order valence-electron chi connectivity index (χ2n) is 13.1. The molecule has 40 heavy (non-hydrogen) atoms. The van der Waals surface area contributed by atoms with Gasteiger partial charge in [-0.05, 0) is 66.9 Å². The van der Waals surface area contributed by atoms with Gasteiger partial charge < -0.3 is 34.9 Å². The number of hydrogen-bond donors (Lipinski definition) is 7. The molecule has 7 N–H and O–H groups in total. The Labute approximate surface area is 235 Å². The van der Waals surface area contributed by atoms with Crippen molar-refractivity contribution >= 4 is 43.7 Å². The predicted octanol–water partition coefficient (Wildman–Crippen LogP) is 2.17. The highest BCUT2D eigenvalue weighted by atomic mass is 35.5. The summed E-state index contributed by atoms with van der Waals surface area (Å²) >= 11 is 6.36. The molecule has 0 aromatic carbocycles. The normalized spacial score (nSPS) is 40.5. The molecule has 4 saturated carbocycles. The van der Waals surface area contributed by atoms with E-state index in [-0.39, 0.29) is 27.3 Å². The van der Waals surface area contributed by atoms with Crippen molar-refractivity contribution in [3.8, 4) is 0 Å². The first-order valence-corrected chi connectivity index (χ1v) is 17.3. The van der Waals surface area contributed by atoms with E-state index in [0.29, 0.717) is 17.3 Å². The molecule has 1 aliphatic heterocycles. The third kappa shape index (κ3) is 5.37. The zero-order valence-corrected chi connectivity index (χ0v) is 24.7. The SMILES string of the molecule is C[C@]12CC3CC(Nc4nc(Cl)nc5c4ncn5C4OC(CNP(=O)(O)CP(=O)(O)O)C(O)C4O)(C1)C[C@@](C)(C3)C2. The Kier molecular flexibility index (Phi) is 6.80. The molecule has 14 nitrogen and oxygen atoms in total. The van der Waals surface area contributed by atoms with Crippen LogP contribution >= 0.6 is 26.7 Å². The maximum absolute atomic E-state index is 12.1. The molecule has 9 atom stereocenters. The number of fused-ring (bicyclic) bond motifs is 1. The van der Waals surface area contributed by atoms with Crippen LogP contribution in [0.25, 0.3) is 11.2 Å². The van der Waals surface area contributed by atoms with E-state index in [9.17, 15) is 24.2 Å². The average Bonchev–Trinajstić information content (AvgIpc) is 3.29. The summed E-state index contributed by atoms with van der Waals surface area (Å²) in [5, 5.41) is 27.2. The summed E-state index contributed by atoms with van der Waals surface area (Å²) in [4.78, 5) is 41.2. The number of anilines is 1. The van der Waals surface area contributed by atoms with Gasteiger partial charge in [-0.15, -0.1) is 0 Å². The standard InChI is InChI=1S/C23H35ClN6O8P2/c1-21-3-12-4-22(2,7-21)9-23(5-12,8-21)29-17-14-18(28-20(24)27-17)30(10-25-14)19-16(32)15(31)13(38-19)6-26-39(33,34)11-40(35,36)37/h10,12-13,15-16,19,31-32H,3-9,11H2,1-2H3,(H2,26,33,34)(H,27,28,29)(H2,35,36,37)/t12?,13?,15?,16?,19?,21-,22+,23?. The lowest BCUT2D eigenvalue weighted by molar-refractivity contribution is -0.0973. The lowest BCUT2D eigenvalue weighted by Crippen LogP contribution is -2.61. The summed E-state index contributed by atoms with van der Waals surface area (Å²) in [6.45, 7) is 4.31. The molecular weight excluding hydrogens is 586 g/mol. The molecule has 2 aromatic rings. The third-order valence-electron chi connectivity index (χ3n) is 8.93. The van der Waals surface area contributed by atoms with Gasteiger partial charge in [0.1, 0.15) is 24.2 Å². The molecule has 7 rings (SSSR count). The number of ether oxygens (including phenoxy) is 1. The van der Waals surface area contributed by atoms with E-state index >= 15 is 0 Å². The predicted molar refractivity (Wildman–Crippen MR) is 145 cm³/mol. The summed E-state index contributed by atoms with van der Waals surface area (Å²) in [5.41, 5.74) is 1.11. The molecule has 2 aromatic heterocycles. The van der Waals surface area contributed by atoms with Crippen molar-refractivity contribution in [2.24, 2.45) is 16.7 Å². The van der Waals surface area contributed by atoms with Crippen LogP contribution < -0.4 is 10.4 Å². The Morgan fingerprint density at radius 3 is 2.38 bits per heavy atom. The lowest BCUT2D eigenvalue weighted by Gasteiger charge is -2.65. The van der Waals surface area contributed by atoms with Gasteiger partial charge in [0.15, 0.2) is 23.2 Å². The maximum Gasteiger partial charge on any atom is 0.336 e. The molecule has 3 heterocycles. The number of imidazole rings is 1. The van der Waals surface area contributed by atoms with Crippen molar-refractivity contribution in [3.63, 3.8) is 0 Å². The van der Waals surface area contributed by atoms with Gasteiger partial charge in [-0.1, -0.05) is 13.8 Å². The summed E-state index contributed by atoms with van der Waals surface area (Å²) in [6, 6.07) is 0. The van der Waals surface area contributed by atoms with Crippen LogP contribution in [0.3, 0.4) is 0 Å². The molecular formula is C23H35ClN6O8P2. The smallest absolute Gasteiger partial charge is 0.336 e. The molecule has 5 fully saturated rings. The van der Waals surface area contributed by atoms with Gasteiger partial charge in [0.2, 0.25) is 5.28 Å². The van der Waals surface area contributed by atoms with Gasteiger partial charge in [-0.2, -0.15) is 9.97 Å². The molecule has 17 heteroatoms. The van der Waals surface area contributed by atoms with Crippen LogP contribution in [0.5, 0.6) is 0 Å². The fourth-order valence-electron chi connectivity index (χ4n) is 8.66. The van der Waals surface area contributed by atoms with E-state index in [2.05, 4.69) is 39.2 Å². The number of rotatable bonds is 8. The minimum absolute atomic E-state index is 0.0243. The first-order valence-electron chi connectivity index (χ1n) is 13.3. The highest BCUT2D eigenvalue weighted by Gasteiger charge is 2.60. The number of halogens is 1. The summed E-state index contributed by atoms with van der Waals surface area (Å²) in [7, 11) is -9.20. The van der Waals surface area contributed by atoms with Gasteiger partial charge in [0.25, 0.3) is 7.52 Å². The highest BCUT2D eigenvalue weighted by molar-refractivity contribution is 7.71. The van der Waals surface area contributed by atoms with Crippen molar-refractivity contribution in [2.45, 2.75) is 82.5 Å². The van der Waals surface area contributed by atoms with E-state index in [0.717, 1.165) is 19.3 Å². The van der Waals surface area contributed by atoms with E-state index in [1.807, 2.05) is 0 Å². The second-order valence-corrected chi connectivity index (χ2v) is 17.6. The molecule has 5 aliphatic rings. The zero-order chi connectivity index (χ0) is 28.9. The second kappa shape index (κ2) is 9.41. The Morgan fingerprint density at radius 2 is 1.75 bits per heavy atom. The Hall–Kier alpha value is -1.18. The summed E-state index contributed by atoms with van der Waals surface area (Å²) in [5.74, 6) is -0.130. The molecule has 0 radical (unpaired) electrons. The van der Waals surface area contributed by atoms with Gasteiger partial charge in [0.05, 0.1) is 6.33 Å². The quantitative estimate of drug-likeness (QED) is 0.167. The molecule has 222 valence electrons. The topological polar surface area (TPSA) is 212 Å². The van der Waals surface area contributed by atoms with Crippen molar-refractivity contribution in [1.29, 1.82) is 0 Å².